The van der Waals surface area contributed by atoms with Crippen molar-refractivity contribution in [2.24, 2.45) is 5.73 Å². The molecule has 0 aromatic rings. The molecule has 0 radical (unpaired) electrons. The number of carbonyl (C=O) groups excluding carboxylic acids is 1. The highest BCUT2D eigenvalue weighted by atomic mass is 16.5. The van der Waals surface area contributed by atoms with Crippen molar-refractivity contribution in [1.82, 2.24) is 0 Å². The van der Waals surface area contributed by atoms with Gasteiger partial charge < -0.3 is 10.5 Å². The molecule has 0 amide bonds. The van der Waals surface area contributed by atoms with Crippen LogP contribution in [0.4, 0.5) is 0 Å². The van der Waals surface area contributed by atoms with Gasteiger partial charge in [-0.1, -0.05) is 103 Å². The molecule has 148 valence electrons. The zero-order chi connectivity index (χ0) is 18.8. The van der Waals surface area contributed by atoms with Gasteiger partial charge in [-0.25, -0.2) is 4.79 Å². The van der Waals surface area contributed by atoms with Gasteiger partial charge in [-0.2, -0.15) is 0 Å². The third-order valence-corrected chi connectivity index (χ3v) is 4.81. The maximum Gasteiger partial charge on any atom is 0.329 e. The minimum atomic E-state index is -0.995. The van der Waals surface area contributed by atoms with E-state index in [0.717, 1.165) is 6.42 Å². The van der Waals surface area contributed by atoms with Crippen molar-refractivity contribution < 1.29 is 9.53 Å². The van der Waals surface area contributed by atoms with Gasteiger partial charge in [-0.15, -0.1) is 0 Å². The Morgan fingerprint density at radius 3 is 1.64 bits per heavy atom. The van der Waals surface area contributed by atoms with Gasteiger partial charge >= 0.3 is 5.97 Å². The summed E-state index contributed by atoms with van der Waals surface area (Å²) in [6.07, 6.45) is 24.0. The van der Waals surface area contributed by atoms with Crippen molar-refractivity contribution in [3.05, 3.63) is 12.2 Å². The number of rotatable bonds is 17. The van der Waals surface area contributed by atoms with Crippen molar-refractivity contribution in [1.29, 1.82) is 0 Å². The minimum Gasteiger partial charge on any atom is -0.467 e. The van der Waals surface area contributed by atoms with Crippen LogP contribution in [0.15, 0.2) is 12.2 Å². The molecule has 0 rings (SSSR count). The molecule has 0 aliphatic heterocycles. The molecule has 0 aromatic carbocycles. The van der Waals surface area contributed by atoms with E-state index in [2.05, 4.69) is 11.7 Å². The van der Waals surface area contributed by atoms with Crippen molar-refractivity contribution in [2.75, 3.05) is 7.11 Å². The number of nitrogens with two attached hydrogens (primary N) is 1. The first-order valence-corrected chi connectivity index (χ1v) is 10.6. The normalized spacial score (nSPS) is 13.9. The molecular weight excluding hydrogens is 310 g/mol. The van der Waals surface area contributed by atoms with E-state index in [9.17, 15) is 4.79 Å². The van der Waals surface area contributed by atoms with Crippen LogP contribution in [0, 0.1) is 0 Å². The second-order valence-corrected chi connectivity index (χ2v) is 7.56. The second-order valence-electron chi connectivity index (χ2n) is 7.56. The van der Waals surface area contributed by atoms with Gasteiger partial charge in [0.2, 0.25) is 0 Å². The largest absolute Gasteiger partial charge is 0.467 e. The van der Waals surface area contributed by atoms with E-state index in [1.54, 1.807) is 13.0 Å². The first-order valence-electron chi connectivity index (χ1n) is 10.6. The first kappa shape index (κ1) is 24.2. The van der Waals surface area contributed by atoms with Crippen LogP contribution in [0.5, 0.6) is 0 Å². The molecule has 0 saturated heterocycles. The average molecular weight is 354 g/mol. The zero-order valence-electron chi connectivity index (χ0n) is 17.2. The molecule has 25 heavy (non-hydrogen) atoms. The van der Waals surface area contributed by atoms with E-state index in [-0.39, 0.29) is 5.97 Å². The predicted octanol–water partition coefficient (Wildman–Crippen LogP) is 6.30. The summed E-state index contributed by atoms with van der Waals surface area (Å²) in [4.78, 5) is 11.4. The van der Waals surface area contributed by atoms with E-state index >= 15 is 0 Å². The molecule has 0 aliphatic carbocycles. The van der Waals surface area contributed by atoms with Gasteiger partial charge in [-0.3, -0.25) is 0 Å². The van der Waals surface area contributed by atoms with Crippen LogP contribution >= 0.6 is 0 Å². The average Bonchev–Trinajstić information content (AvgIpc) is 2.60. The van der Waals surface area contributed by atoms with Crippen LogP contribution < -0.4 is 5.73 Å². The molecule has 0 spiro atoms. The van der Waals surface area contributed by atoms with Gasteiger partial charge in [0, 0.05) is 0 Å². The highest BCUT2D eigenvalue weighted by molar-refractivity contribution is 5.82. The zero-order valence-corrected chi connectivity index (χ0v) is 17.2. The van der Waals surface area contributed by atoms with Gasteiger partial charge in [0.05, 0.1) is 7.11 Å². The Morgan fingerprint density at radius 1 is 0.840 bits per heavy atom. The molecule has 0 heterocycles. The van der Waals surface area contributed by atoms with E-state index in [0.29, 0.717) is 0 Å². The Morgan fingerprint density at radius 2 is 1.24 bits per heavy atom. The van der Waals surface area contributed by atoms with Crippen LogP contribution in [-0.4, -0.2) is 18.6 Å². The monoisotopic (exact) mass is 353 g/mol. The van der Waals surface area contributed by atoms with E-state index in [4.69, 9.17) is 5.73 Å². The van der Waals surface area contributed by atoms with Crippen LogP contribution in [0.2, 0.25) is 0 Å². The number of esters is 1. The standard InChI is InChI=1S/C22H43NO2/c1-4-5-6-7-8-9-10-11-12-13-14-15-16-17-18-19-20-22(2,23)21(24)25-3/h19-20H,4-18,23H2,1-3H3. The fourth-order valence-corrected chi connectivity index (χ4v) is 3.07. The summed E-state index contributed by atoms with van der Waals surface area (Å²) < 4.78 is 4.68. The molecule has 1 unspecified atom stereocenters. The molecule has 3 heteroatoms. The van der Waals surface area contributed by atoms with Gasteiger partial charge in [-0.05, 0) is 19.8 Å². The van der Waals surface area contributed by atoms with E-state index in [1.165, 1.54) is 97.0 Å². The molecule has 0 saturated carbocycles. The topological polar surface area (TPSA) is 52.3 Å². The lowest BCUT2D eigenvalue weighted by molar-refractivity contribution is -0.144. The minimum absolute atomic E-state index is 0.385. The van der Waals surface area contributed by atoms with Crippen molar-refractivity contribution in [3.8, 4) is 0 Å². The number of hydrogen-bond donors (Lipinski definition) is 1. The number of unbranched alkanes of at least 4 members (excludes halogenated alkanes) is 14. The Kier molecular flexibility index (Phi) is 16.1. The maximum absolute atomic E-state index is 11.4. The summed E-state index contributed by atoms with van der Waals surface area (Å²) >= 11 is 0. The third-order valence-electron chi connectivity index (χ3n) is 4.81. The number of allylic oxidation sites excluding steroid dienone is 1. The summed E-state index contributed by atoms with van der Waals surface area (Å²) in [6, 6.07) is 0. The van der Waals surface area contributed by atoms with Crippen LogP contribution in [0.25, 0.3) is 0 Å². The van der Waals surface area contributed by atoms with Crippen LogP contribution in [-0.2, 0) is 9.53 Å². The summed E-state index contributed by atoms with van der Waals surface area (Å²) in [5, 5.41) is 0. The summed E-state index contributed by atoms with van der Waals surface area (Å²) in [6.45, 7) is 3.96. The van der Waals surface area contributed by atoms with Gasteiger partial charge in [0.15, 0.2) is 0 Å². The Bertz CT molecular complexity index is 337. The lowest BCUT2D eigenvalue weighted by Crippen LogP contribution is -2.43. The number of ether oxygens (including phenoxy) is 1. The smallest absolute Gasteiger partial charge is 0.329 e. The first-order chi connectivity index (χ1) is 12.0. The molecule has 0 fully saturated rings. The predicted molar refractivity (Wildman–Crippen MR) is 109 cm³/mol. The fraction of sp³-hybridized carbons (Fsp3) is 0.864. The lowest BCUT2D eigenvalue weighted by atomic mass is 10.0. The van der Waals surface area contributed by atoms with E-state index < -0.39 is 5.54 Å². The van der Waals surface area contributed by atoms with Gasteiger partial charge in [0.25, 0.3) is 0 Å². The number of hydrogen-bond acceptors (Lipinski definition) is 3. The maximum atomic E-state index is 11.4. The van der Waals surface area contributed by atoms with Crippen LogP contribution in [0.1, 0.15) is 110 Å². The van der Waals surface area contributed by atoms with E-state index in [1.807, 2.05) is 6.08 Å². The highest BCUT2D eigenvalue weighted by Gasteiger charge is 2.25. The highest BCUT2D eigenvalue weighted by Crippen LogP contribution is 2.13. The summed E-state index contributed by atoms with van der Waals surface area (Å²) in [5.74, 6) is -0.385. The molecule has 2 N–H and O–H groups in total. The summed E-state index contributed by atoms with van der Waals surface area (Å²) in [7, 11) is 1.37. The number of methoxy groups -OCH3 is 1. The van der Waals surface area contributed by atoms with Gasteiger partial charge in [0.1, 0.15) is 5.54 Å². The molecule has 0 aliphatic rings. The fourth-order valence-electron chi connectivity index (χ4n) is 3.07. The van der Waals surface area contributed by atoms with Crippen molar-refractivity contribution in [3.63, 3.8) is 0 Å². The Balaban J connectivity index is 3.30. The Labute approximate surface area is 156 Å². The second kappa shape index (κ2) is 16.6. The van der Waals surface area contributed by atoms with Crippen molar-refractivity contribution in [2.45, 2.75) is 116 Å². The lowest BCUT2D eigenvalue weighted by Gasteiger charge is -2.16. The molecule has 3 nitrogen and oxygen atoms in total. The molecule has 0 bridgehead atoms. The third kappa shape index (κ3) is 15.2. The summed E-state index contributed by atoms with van der Waals surface area (Å²) in [5.41, 5.74) is 4.87. The SMILES string of the molecule is CCCCCCCCCCCCCCCCC=CC(C)(N)C(=O)OC. The van der Waals surface area contributed by atoms with Crippen molar-refractivity contribution >= 4 is 5.97 Å². The van der Waals surface area contributed by atoms with Crippen LogP contribution in [0.3, 0.4) is 0 Å². The molecule has 0 aromatic heterocycles. The quantitative estimate of drug-likeness (QED) is 0.189. The molecular formula is C22H43NO2. The Hall–Kier alpha value is -0.830. The number of carbonyl (C=O) groups is 1. The molecule has 1 atom stereocenters.